The van der Waals surface area contributed by atoms with Gasteiger partial charge in [0.05, 0.1) is 32.3 Å². The second-order valence-corrected chi connectivity index (χ2v) is 8.22. The van der Waals surface area contributed by atoms with Gasteiger partial charge in [-0.2, -0.15) is 0 Å². The number of nitrogens with zero attached hydrogens (tertiary/aromatic N) is 3. The molecule has 0 unspecified atom stereocenters. The van der Waals surface area contributed by atoms with Crippen LogP contribution in [0, 0.1) is 5.82 Å². The zero-order chi connectivity index (χ0) is 25.8. The number of anilines is 1. The van der Waals surface area contributed by atoms with Crippen LogP contribution in [0.25, 0.3) is 17.1 Å². The third-order valence-electron chi connectivity index (χ3n) is 6.12. The average Bonchev–Trinajstić information content (AvgIpc) is 2.91. The lowest BCUT2D eigenvalue weighted by Gasteiger charge is -2.29. The lowest BCUT2D eigenvalue weighted by molar-refractivity contribution is 0.104. The number of carbonyl (C=O) groups excluding carboxylic acids is 1. The Labute approximate surface area is 208 Å². The monoisotopic (exact) mass is 496 g/mol. The second-order valence-electron chi connectivity index (χ2n) is 8.22. The van der Waals surface area contributed by atoms with Crippen LogP contribution in [0.1, 0.15) is 22.8 Å². The van der Waals surface area contributed by atoms with E-state index in [4.69, 9.17) is 14.2 Å². The largest absolute Gasteiger partial charge is 0.493 e. The highest BCUT2D eigenvalue weighted by Crippen LogP contribution is 2.38. The summed E-state index contributed by atoms with van der Waals surface area (Å²) in [6, 6.07) is 4.56. The van der Waals surface area contributed by atoms with Crippen molar-refractivity contribution >= 4 is 28.7 Å². The third kappa shape index (κ3) is 4.76. The van der Waals surface area contributed by atoms with Gasteiger partial charge in [-0.05, 0) is 36.8 Å². The van der Waals surface area contributed by atoms with Gasteiger partial charge in [-0.1, -0.05) is 6.08 Å². The minimum absolute atomic E-state index is 0.0656. The van der Waals surface area contributed by atoms with Gasteiger partial charge in [0, 0.05) is 38.9 Å². The molecule has 0 amide bonds. The van der Waals surface area contributed by atoms with Crippen LogP contribution < -0.4 is 29.9 Å². The number of hydrogen-bond acceptors (Lipinski definition) is 8. The van der Waals surface area contributed by atoms with Crippen LogP contribution in [0.3, 0.4) is 0 Å². The number of pyridine rings is 2. The maximum atomic E-state index is 15.0. The summed E-state index contributed by atoms with van der Waals surface area (Å²) in [6.45, 7) is 5.02. The number of ketones is 1. The van der Waals surface area contributed by atoms with Crippen LogP contribution in [0.2, 0.25) is 0 Å². The van der Waals surface area contributed by atoms with Crippen molar-refractivity contribution in [2.24, 2.45) is 0 Å². The van der Waals surface area contributed by atoms with Crippen molar-refractivity contribution in [2.45, 2.75) is 13.5 Å². The fraction of sp³-hybridized carbons (Fsp3) is 0.346. The van der Waals surface area contributed by atoms with Crippen molar-refractivity contribution in [1.29, 1.82) is 0 Å². The van der Waals surface area contributed by atoms with Crippen LogP contribution in [0.15, 0.2) is 35.3 Å². The van der Waals surface area contributed by atoms with Gasteiger partial charge in [-0.25, -0.2) is 9.37 Å². The molecular weight excluding hydrogens is 467 g/mol. The Bertz CT molecular complexity index is 1350. The number of methoxy groups -OCH3 is 3. The number of aryl methyl sites for hydroxylation is 1. The summed E-state index contributed by atoms with van der Waals surface area (Å²) in [4.78, 5) is 32.6. The predicted octanol–water partition coefficient (Wildman–Crippen LogP) is 2.89. The summed E-state index contributed by atoms with van der Waals surface area (Å²) in [5.41, 5.74) is 0.335. The first kappa shape index (κ1) is 25.2. The number of fused-ring (bicyclic) bond motifs is 1. The first-order chi connectivity index (χ1) is 17.4. The van der Waals surface area contributed by atoms with E-state index in [0.717, 1.165) is 13.1 Å². The van der Waals surface area contributed by atoms with Crippen molar-refractivity contribution < 1.29 is 23.4 Å². The Morgan fingerprint density at radius 3 is 2.36 bits per heavy atom. The Balaban J connectivity index is 1.73. The molecule has 0 atom stereocenters. The first-order valence-corrected chi connectivity index (χ1v) is 11.6. The van der Waals surface area contributed by atoms with Crippen LogP contribution in [-0.4, -0.2) is 62.8 Å². The van der Waals surface area contributed by atoms with Gasteiger partial charge < -0.3 is 29.0 Å². The fourth-order valence-corrected chi connectivity index (χ4v) is 4.25. The molecule has 9 nitrogen and oxygen atoms in total. The number of ether oxygens (including phenoxy) is 3. The van der Waals surface area contributed by atoms with E-state index in [2.05, 4.69) is 10.3 Å². The number of benzene rings is 1. The molecule has 0 aliphatic carbocycles. The van der Waals surface area contributed by atoms with Crippen molar-refractivity contribution in [3.63, 3.8) is 0 Å². The molecule has 0 bridgehead atoms. The molecule has 1 aliphatic rings. The summed E-state index contributed by atoms with van der Waals surface area (Å²) < 4.78 is 32.7. The highest BCUT2D eigenvalue weighted by atomic mass is 19.1. The fourth-order valence-electron chi connectivity index (χ4n) is 4.25. The molecule has 1 aromatic carbocycles. The van der Waals surface area contributed by atoms with E-state index in [1.807, 2.05) is 11.8 Å². The molecule has 1 aliphatic heterocycles. The van der Waals surface area contributed by atoms with Crippen molar-refractivity contribution in [2.75, 3.05) is 52.4 Å². The number of piperazine rings is 1. The van der Waals surface area contributed by atoms with Gasteiger partial charge >= 0.3 is 0 Å². The zero-order valence-corrected chi connectivity index (χ0v) is 20.8. The smallest absolute Gasteiger partial charge is 0.203 e. The van der Waals surface area contributed by atoms with Gasteiger partial charge in [-0.3, -0.25) is 9.59 Å². The zero-order valence-electron chi connectivity index (χ0n) is 20.8. The molecule has 1 N–H and O–H groups in total. The van der Waals surface area contributed by atoms with Crippen molar-refractivity contribution in [3.8, 4) is 17.2 Å². The molecule has 190 valence electrons. The lowest BCUT2D eigenvalue weighted by atomic mass is 10.1. The SMILES string of the molecule is CCn1cc(C(=O)C=Cc2cc(OC)c(OC)c(OC)c2)c(=O)c2cc(F)c(N3CCNCC3)nc21. The van der Waals surface area contributed by atoms with Crippen LogP contribution in [0.4, 0.5) is 10.2 Å². The summed E-state index contributed by atoms with van der Waals surface area (Å²) in [7, 11) is 4.50. The van der Waals surface area contributed by atoms with Gasteiger partial charge in [-0.15, -0.1) is 0 Å². The van der Waals surface area contributed by atoms with E-state index >= 15 is 4.39 Å². The molecule has 0 spiro atoms. The topological polar surface area (TPSA) is 94.9 Å². The maximum absolute atomic E-state index is 15.0. The number of aromatic nitrogens is 2. The highest BCUT2D eigenvalue weighted by molar-refractivity contribution is 6.08. The molecule has 36 heavy (non-hydrogen) atoms. The van der Waals surface area contributed by atoms with Crippen LogP contribution >= 0.6 is 0 Å². The normalized spacial score (nSPS) is 13.9. The number of allylic oxidation sites excluding steroid dienone is 1. The van der Waals surface area contributed by atoms with E-state index in [1.54, 1.807) is 22.8 Å². The van der Waals surface area contributed by atoms with Gasteiger partial charge in [0.1, 0.15) is 5.65 Å². The van der Waals surface area contributed by atoms with Crippen molar-refractivity contribution in [1.82, 2.24) is 14.9 Å². The molecule has 1 saturated heterocycles. The molecule has 0 saturated carbocycles. The number of hydrogen-bond donors (Lipinski definition) is 1. The van der Waals surface area contributed by atoms with E-state index in [0.29, 0.717) is 48.1 Å². The van der Waals surface area contributed by atoms with Gasteiger partial charge in [0.2, 0.25) is 11.2 Å². The standard InChI is InChI=1S/C26H29FN4O5/c1-5-30-15-18(20(32)7-6-16-12-21(34-2)24(36-4)22(13-16)35-3)23(33)17-14-19(27)26(29-25(17)30)31-10-8-28-9-11-31/h6-7,12-15,28H,5,8-11H2,1-4H3. The van der Waals surface area contributed by atoms with E-state index in [-0.39, 0.29) is 16.8 Å². The number of carbonyl (C=O) groups is 1. The van der Waals surface area contributed by atoms with Gasteiger partial charge in [0.25, 0.3) is 0 Å². The molecule has 4 rings (SSSR count). The molecule has 3 aromatic rings. The van der Waals surface area contributed by atoms with Gasteiger partial charge in [0.15, 0.2) is 28.9 Å². The number of rotatable bonds is 8. The van der Waals surface area contributed by atoms with E-state index in [9.17, 15) is 9.59 Å². The molecule has 0 radical (unpaired) electrons. The summed E-state index contributed by atoms with van der Waals surface area (Å²) in [5, 5.41) is 3.29. The quantitative estimate of drug-likeness (QED) is 0.376. The highest BCUT2D eigenvalue weighted by Gasteiger charge is 2.21. The first-order valence-electron chi connectivity index (χ1n) is 11.6. The summed E-state index contributed by atoms with van der Waals surface area (Å²) in [5.74, 6) is 0.423. The average molecular weight is 497 g/mol. The van der Waals surface area contributed by atoms with E-state index < -0.39 is 17.0 Å². The second kappa shape index (κ2) is 10.8. The molecule has 10 heteroatoms. The third-order valence-corrected chi connectivity index (χ3v) is 6.12. The number of nitrogens with one attached hydrogen (secondary N) is 1. The van der Waals surface area contributed by atoms with Crippen molar-refractivity contribution in [3.05, 3.63) is 57.6 Å². The van der Waals surface area contributed by atoms with E-state index in [1.165, 1.54) is 39.7 Å². The van der Waals surface area contributed by atoms with Crippen LogP contribution in [0.5, 0.6) is 17.2 Å². The Hall–Kier alpha value is -3.92. The summed E-state index contributed by atoms with van der Waals surface area (Å²) in [6.07, 6.45) is 4.33. The molecular formula is C26H29FN4O5. The Kier molecular flexibility index (Phi) is 7.54. The van der Waals surface area contributed by atoms with Crippen LogP contribution in [-0.2, 0) is 6.54 Å². The molecule has 2 aromatic heterocycles. The number of halogens is 1. The maximum Gasteiger partial charge on any atom is 0.203 e. The predicted molar refractivity (Wildman–Crippen MR) is 136 cm³/mol. The minimum Gasteiger partial charge on any atom is -0.493 e. The summed E-state index contributed by atoms with van der Waals surface area (Å²) >= 11 is 0. The Morgan fingerprint density at radius 2 is 1.78 bits per heavy atom. The molecule has 3 heterocycles. The lowest BCUT2D eigenvalue weighted by Crippen LogP contribution is -2.44. The Morgan fingerprint density at radius 1 is 1.11 bits per heavy atom. The molecule has 1 fully saturated rings. The minimum atomic E-state index is -0.582.